The number of H-pyrrole nitrogens is 1. The number of aryl methyl sites for hydroxylation is 1. The molecule has 0 radical (unpaired) electrons. The van der Waals surface area contributed by atoms with Gasteiger partial charge in [0.2, 0.25) is 11.7 Å². The lowest BCUT2D eigenvalue weighted by Crippen LogP contribution is -2.15. The predicted molar refractivity (Wildman–Crippen MR) is 88.8 cm³/mol. The summed E-state index contributed by atoms with van der Waals surface area (Å²) >= 11 is 1.27. The van der Waals surface area contributed by atoms with Gasteiger partial charge in [0, 0.05) is 17.4 Å². The third-order valence-corrected chi connectivity index (χ3v) is 4.13. The first-order valence-corrected chi connectivity index (χ1v) is 8.11. The molecule has 0 saturated carbocycles. The Labute approximate surface area is 136 Å². The number of rotatable bonds is 5. The highest BCUT2D eigenvalue weighted by Gasteiger charge is 2.12. The highest BCUT2D eigenvalue weighted by atomic mass is 32.2. The van der Waals surface area contributed by atoms with E-state index in [1.54, 1.807) is 4.40 Å². The maximum absolute atomic E-state index is 12.0. The summed E-state index contributed by atoms with van der Waals surface area (Å²) in [6, 6.07) is 10.8. The number of hydrogen-bond donors (Lipinski definition) is 2. The SMILES string of the molecule is CCc1cc(=O)[nH]c2nnc(SCC(=O)Nc3ccccc3)n12. The number of benzene rings is 1. The van der Waals surface area contributed by atoms with Gasteiger partial charge in [0.05, 0.1) is 5.75 Å². The van der Waals surface area contributed by atoms with E-state index in [1.165, 1.54) is 17.8 Å². The van der Waals surface area contributed by atoms with Crippen LogP contribution in [0.3, 0.4) is 0 Å². The zero-order chi connectivity index (χ0) is 16.2. The minimum Gasteiger partial charge on any atom is -0.325 e. The minimum atomic E-state index is -0.208. The van der Waals surface area contributed by atoms with Gasteiger partial charge in [-0.25, -0.2) is 0 Å². The van der Waals surface area contributed by atoms with Gasteiger partial charge in [-0.05, 0) is 18.6 Å². The quantitative estimate of drug-likeness (QED) is 0.695. The van der Waals surface area contributed by atoms with Crippen molar-refractivity contribution in [2.24, 2.45) is 0 Å². The number of carbonyl (C=O) groups is 1. The Morgan fingerprint density at radius 2 is 2.09 bits per heavy atom. The van der Waals surface area contributed by atoms with Gasteiger partial charge >= 0.3 is 0 Å². The number of aromatic nitrogens is 4. The Balaban J connectivity index is 1.75. The first-order valence-electron chi connectivity index (χ1n) is 7.12. The number of nitrogens with zero attached hydrogens (tertiary/aromatic N) is 3. The fraction of sp³-hybridized carbons (Fsp3) is 0.200. The van der Waals surface area contributed by atoms with Gasteiger partial charge in [0.15, 0.2) is 5.16 Å². The third-order valence-electron chi connectivity index (χ3n) is 3.21. The van der Waals surface area contributed by atoms with E-state index < -0.39 is 0 Å². The van der Waals surface area contributed by atoms with E-state index in [9.17, 15) is 9.59 Å². The first kappa shape index (κ1) is 15.3. The molecule has 0 unspecified atom stereocenters. The van der Waals surface area contributed by atoms with Gasteiger partial charge in [-0.3, -0.25) is 19.0 Å². The summed E-state index contributed by atoms with van der Waals surface area (Å²) < 4.78 is 1.77. The van der Waals surface area contributed by atoms with Crippen LogP contribution in [-0.2, 0) is 11.2 Å². The second kappa shape index (κ2) is 6.66. The summed E-state index contributed by atoms with van der Waals surface area (Å²) in [7, 11) is 0. The molecule has 0 atom stereocenters. The Bertz CT molecular complexity index is 888. The summed E-state index contributed by atoms with van der Waals surface area (Å²) in [6.45, 7) is 1.95. The van der Waals surface area contributed by atoms with E-state index in [4.69, 9.17) is 0 Å². The first-order chi connectivity index (χ1) is 11.2. The molecule has 7 nitrogen and oxygen atoms in total. The summed E-state index contributed by atoms with van der Waals surface area (Å²) in [6.07, 6.45) is 0.669. The number of para-hydroxylation sites is 1. The van der Waals surface area contributed by atoms with Crippen molar-refractivity contribution in [3.63, 3.8) is 0 Å². The molecule has 0 bridgehead atoms. The van der Waals surface area contributed by atoms with E-state index in [0.717, 1.165) is 11.4 Å². The van der Waals surface area contributed by atoms with Crippen LogP contribution in [-0.4, -0.2) is 31.2 Å². The number of anilines is 1. The van der Waals surface area contributed by atoms with E-state index in [1.807, 2.05) is 37.3 Å². The number of thioether (sulfide) groups is 1. The fourth-order valence-electron chi connectivity index (χ4n) is 2.17. The monoisotopic (exact) mass is 329 g/mol. The van der Waals surface area contributed by atoms with Crippen LogP contribution < -0.4 is 10.9 Å². The van der Waals surface area contributed by atoms with Crippen molar-refractivity contribution >= 4 is 29.1 Å². The van der Waals surface area contributed by atoms with Crippen LogP contribution in [0.15, 0.2) is 46.3 Å². The normalized spacial score (nSPS) is 10.8. The molecule has 2 heterocycles. The topological polar surface area (TPSA) is 92.2 Å². The molecule has 118 valence electrons. The van der Waals surface area contributed by atoms with Crippen molar-refractivity contribution in [3.8, 4) is 0 Å². The molecule has 0 aliphatic carbocycles. The fourth-order valence-corrected chi connectivity index (χ4v) is 2.94. The number of hydrogen-bond acceptors (Lipinski definition) is 5. The van der Waals surface area contributed by atoms with E-state index in [-0.39, 0.29) is 17.2 Å². The molecular weight excluding hydrogens is 314 g/mol. The van der Waals surface area contributed by atoms with Gasteiger partial charge in [-0.15, -0.1) is 10.2 Å². The zero-order valence-corrected chi connectivity index (χ0v) is 13.3. The lowest BCUT2D eigenvalue weighted by Gasteiger charge is -2.06. The second-order valence-corrected chi connectivity index (χ2v) is 5.77. The molecule has 0 saturated heterocycles. The summed E-state index contributed by atoms with van der Waals surface area (Å²) in [5.41, 5.74) is 1.35. The van der Waals surface area contributed by atoms with Crippen molar-refractivity contribution in [3.05, 3.63) is 52.4 Å². The van der Waals surface area contributed by atoms with E-state index in [0.29, 0.717) is 17.4 Å². The van der Waals surface area contributed by atoms with Gasteiger partial charge in [-0.2, -0.15) is 0 Å². The van der Waals surface area contributed by atoms with Crippen molar-refractivity contribution < 1.29 is 4.79 Å². The smallest absolute Gasteiger partial charge is 0.252 e. The maximum atomic E-state index is 12.0. The van der Waals surface area contributed by atoms with Gasteiger partial charge in [0.1, 0.15) is 0 Å². The predicted octanol–water partition coefficient (Wildman–Crippen LogP) is 1.71. The molecule has 2 N–H and O–H groups in total. The highest BCUT2D eigenvalue weighted by molar-refractivity contribution is 7.99. The van der Waals surface area contributed by atoms with E-state index >= 15 is 0 Å². The van der Waals surface area contributed by atoms with Crippen LogP contribution in [0.1, 0.15) is 12.6 Å². The molecule has 3 aromatic rings. The van der Waals surface area contributed by atoms with Crippen molar-refractivity contribution in [2.45, 2.75) is 18.5 Å². The molecule has 0 aliphatic rings. The second-order valence-electron chi connectivity index (χ2n) is 4.82. The van der Waals surface area contributed by atoms with Crippen LogP contribution in [0, 0.1) is 0 Å². The maximum Gasteiger partial charge on any atom is 0.252 e. The zero-order valence-electron chi connectivity index (χ0n) is 12.4. The average molecular weight is 329 g/mol. The summed E-state index contributed by atoms with van der Waals surface area (Å²) in [5.74, 6) is 0.471. The lowest BCUT2D eigenvalue weighted by atomic mass is 10.3. The van der Waals surface area contributed by atoms with Crippen molar-refractivity contribution in [1.29, 1.82) is 0 Å². The molecule has 0 spiro atoms. The molecule has 23 heavy (non-hydrogen) atoms. The molecule has 2 aromatic heterocycles. The third kappa shape index (κ3) is 3.42. The lowest BCUT2D eigenvalue weighted by molar-refractivity contribution is -0.113. The van der Waals surface area contributed by atoms with Crippen LogP contribution in [0.4, 0.5) is 5.69 Å². The Kier molecular flexibility index (Phi) is 4.42. The number of amides is 1. The van der Waals surface area contributed by atoms with Gasteiger partial charge < -0.3 is 5.32 Å². The Morgan fingerprint density at radius 3 is 2.83 bits per heavy atom. The Morgan fingerprint density at radius 1 is 1.30 bits per heavy atom. The molecule has 0 fully saturated rings. The number of aromatic amines is 1. The van der Waals surface area contributed by atoms with Crippen LogP contribution in [0.5, 0.6) is 0 Å². The standard InChI is InChI=1S/C15H15N5O2S/c1-2-11-8-12(21)17-14-18-19-15(20(11)14)23-9-13(22)16-10-6-4-3-5-7-10/h3-8H,2,9H2,1H3,(H,16,22)(H,17,18,21). The van der Waals surface area contributed by atoms with Crippen molar-refractivity contribution in [1.82, 2.24) is 19.6 Å². The van der Waals surface area contributed by atoms with Crippen LogP contribution >= 0.6 is 11.8 Å². The van der Waals surface area contributed by atoms with Gasteiger partial charge in [-0.1, -0.05) is 36.9 Å². The molecular formula is C15H15N5O2S. The summed E-state index contributed by atoms with van der Waals surface area (Å²) in [5, 5.41) is 11.4. The van der Waals surface area contributed by atoms with Crippen LogP contribution in [0.25, 0.3) is 5.78 Å². The van der Waals surface area contributed by atoms with E-state index in [2.05, 4.69) is 20.5 Å². The number of fused-ring (bicyclic) bond motifs is 1. The molecule has 8 heteroatoms. The van der Waals surface area contributed by atoms with Crippen molar-refractivity contribution in [2.75, 3.05) is 11.1 Å². The number of carbonyl (C=O) groups excluding carboxylic acids is 1. The molecule has 0 aliphatic heterocycles. The molecule has 1 amide bonds. The number of nitrogens with one attached hydrogen (secondary N) is 2. The Hall–Kier alpha value is -2.61. The molecule has 1 aromatic carbocycles. The molecule has 3 rings (SSSR count). The average Bonchev–Trinajstić information content (AvgIpc) is 2.96. The highest BCUT2D eigenvalue weighted by Crippen LogP contribution is 2.18. The van der Waals surface area contributed by atoms with Crippen LogP contribution in [0.2, 0.25) is 0 Å². The van der Waals surface area contributed by atoms with Gasteiger partial charge in [0.25, 0.3) is 5.56 Å². The minimum absolute atomic E-state index is 0.125. The summed E-state index contributed by atoms with van der Waals surface area (Å²) in [4.78, 5) is 26.2. The largest absolute Gasteiger partial charge is 0.325 e.